The van der Waals surface area contributed by atoms with Crippen molar-refractivity contribution in [1.82, 2.24) is 0 Å². The Bertz CT molecular complexity index is 488. The van der Waals surface area contributed by atoms with Crippen LogP contribution in [0.4, 0.5) is 0 Å². The van der Waals surface area contributed by atoms with E-state index in [2.05, 4.69) is 45.0 Å². The summed E-state index contributed by atoms with van der Waals surface area (Å²) in [6, 6.07) is 6.53. The van der Waals surface area contributed by atoms with Gasteiger partial charge in [-0.3, -0.25) is 0 Å². The number of aliphatic imine (C=N–C) groups is 1. The third kappa shape index (κ3) is 2.12. The quantitative estimate of drug-likeness (QED) is 0.754. The second kappa shape index (κ2) is 4.36. The Morgan fingerprint density at radius 2 is 2.00 bits per heavy atom. The fourth-order valence-corrected chi connectivity index (χ4v) is 2.33. The van der Waals surface area contributed by atoms with Gasteiger partial charge in [-0.05, 0) is 37.5 Å². The first-order valence-electron chi connectivity index (χ1n) is 6.06. The molecule has 2 rings (SSSR count). The highest BCUT2D eigenvalue weighted by atomic mass is 16.5. The van der Waals surface area contributed by atoms with Crippen molar-refractivity contribution < 1.29 is 4.74 Å². The number of ether oxygens (including phenoxy) is 1. The van der Waals surface area contributed by atoms with Crippen LogP contribution in [0.1, 0.15) is 37.0 Å². The Morgan fingerprint density at radius 3 is 2.65 bits per heavy atom. The number of hydrogen-bond donors (Lipinski definition) is 0. The molecule has 0 aromatic heterocycles. The molecule has 0 aliphatic carbocycles. The predicted molar refractivity (Wildman–Crippen MR) is 71.2 cm³/mol. The zero-order valence-electron chi connectivity index (χ0n) is 10.9. The van der Waals surface area contributed by atoms with Gasteiger partial charge >= 0.3 is 0 Å². The van der Waals surface area contributed by atoms with Crippen LogP contribution in [0.3, 0.4) is 0 Å². The van der Waals surface area contributed by atoms with Crippen LogP contribution >= 0.6 is 0 Å². The van der Waals surface area contributed by atoms with E-state index in [4.69, 9.17) is 9.73 Å². The van der Waals surface area contributed by atoms with Crippen molar-refractivity contribution in [1.29, 1.82) is 0 Å². The Balaban J connectivity index is 2.59. The summed E-state index contributed by atoms with van der Waals surface area (Å²) < 4.78 is 5.30. The third-order valence-electron chi connectivity index (χ3n) is 3.34. The number of hydrogen-bond acceptors (Lipinski definition) is 2. The van der Waals surface area contributed by atoms with Crippen LogP contribution in [0.5, 0.6) is 0 Å². The van der Waals surface area contributed by atoms with Gasteiger partial charge in [0, 0.05) is 6.92 Å². The van der Waals surface area contributed by atoms with Crippen molar-refractivity contribution in [2.24, 2.45) is 4.99 Å². The smallest absolute Gasteiger partial charge is 0.187 e. The average Bonchev–Trinajstić information content (AvgIpc) is 2.32. The molecule has 0 spiro atoms. The van der Waals surface area contributed by atoms with Crippen LogP contribution in [0.15, 0.2) is 35.5 Å². The van der Waals surface area contributed by atoms with Crippen molar-refractivity contribution in [3.63, 3.8) is 0 Å². The van der Waals surface area contributed by atoms with Crippen molar-refractivity contribution in [2.75, 3.05) is 0 Å². The molecule has 0 saturated carbocycles. The third-order valence-corrected chi connectivity index (χ3v) is 3.34. The zero-order valence-corrected chi connectivity index (χ0v) is 10.9. The first kappa shape index (κ1) is 11.9. The summed E-state index contributed by atoms with van der Waals surface area (Å²) in [5.74, 6) is 0.732. The molecule has 1 aliphatic rings. The first-order valence-corrected chi connectivity index (χ1v) is 6.06. The largest absolute Gasteiger partial charge is 0.452 e. The Hall–Kier alpha value is -1.57. The highest BCUT2D eigenvalue weighted by Gasteiger charge is 2.31. The van der Waals surface area contributed by atoms with E-state index >= 15 is 0 Å². The molecule has 1 aromatic carbocycles. The van der Waals surface area contributed by atoms with Crippen LogP contribution < -0.4 is 0 Å². The lowest BCUT2D eigenvalue weighted by molar-refractivity contribution is 0.401. The first-order chi connectivity index (χ1) is 8.07. The fourth-order valence-electron chi connectivity index (χ4n) is 2.33. The minimum absolute atomic E-state index is 0.252. The van der Waals surface area contributed by atoms with E-state index in [9.17, 15) is 0 Å². The van der Waals surface area contributed by atoms with Crippen LogP contribution in [0.25, 0.3) is 0 Å². The Kier molecular flexibility index (Phi) is 3.05. The van der Waals surface area contributed by atoms with Crippen LogP contribution in [-0.4, -0.2) is 5.90 Å². The topological polar surface area (TPSA) is 21.6 Å². The summed E-state index contributed by atoms with van der Waals surface area (Å²) in [6.07, 6.45) is 4.75. The molecule has 0 bridgehead atoms. The number of aryl methyl sites for hydroxylation is 2. The number of benzene rings is 1. The van der Waals surface area contributed by atoms with Gasteiger partial charge in [-0.15, -0.1) is 0 Å². The van der Waals surface area contributed by atoms with E-state index in [0.29, 0.717) is 0 Å². The minimum atomic E-state index is -0.252. The Labute approximate surface area is 103 Å². The van der Waals surface area contributed by atoms with Crippen molar-refractivity contribution in [3.8, 4) is 0 Å². The van der Waals surface area contributed by atoms with Gasteiger partial charge in [0.15, 0.2) is 5.90 Å². The van der Waals surface area contributed by atoms with Crippen molar-refractivity contribution in [3.05, 3.63) is 47.2 Å². The fraction of sp³-hybridized carbons (Fsp3) is 0.400. The summed E-state index contributed by atoms with van der Waals surface area (Å²) in [4.78, 5) is 4.71. The minimum Gasteiger partial charge on any atom is -0.452 e. The lowest BCUT2D eigenvalue weighted by Gasteiger charge is -2.30. The maximum atomic E-state index is 5.30. The van der Waals surface area contributed by atoms with Crippen molar-refractivity contribution in [2.45, 2.75) is 39.7 Å². The van der Waals surface area contributed by atoms with Gasteiger partial charge in [0.2, 0.25) is 0 Å². The molecule has 1 atom stereocenters. The maximum Gasteiger partial charge on any atom is 0.187 e. The normalized spacial score (nSPS) is 23.2. The molecule has 1 heterocycles. The second-order valence-corrected chi connectivity index (χ2v) is 4.65. The maximum absolute atomic E-state index is 5.30. The molecule has 2 nitrogen and oxygen atoms in total. The molecule has 90 valence electrons. The molecular weight excluding hydrogens is 210 g/mol. The standard InChI is InChI=1S/C15H19NO/c1-5-15(8-9-17-13(4)16-15)14-10-11(2)6-7-12(14)3/h6-10H,5H2,1-4H3/t15-/m0/s1. The van der Waals surface area contributed by atoms with Gasteiger partial charge in [0.1, 0.15) is 5.54 Å². The summed E-state index contributed by atoms with van der Waals surface area (Å²) in [5, 5.41) is 0. The van der Waals surface area contributed by atoms with Gasteiger partial charge in [-0.25, -0.2) is 4.99 Å². The van der Waals surface area contributed by atoms with E-state index in [0.717, 1.165) is 12.3 Å². The highest BCUT2D eigenvalue weighted by molar-refractivity contribution is 5.75. The predicted octanol–water partition coefficient (Wildman–Crippen LogP) is 3.87. The Morgan fingerprint density at radius 1 is 1.24 bits per heavy atom. The summed E-state index contributed by atoms with van der Waals surface area (Å²) >= 11 is 0. The molecule has 17 heavy (non-hydrogen) atoms. The highest BCUT2D eigenvalue weighted by Crippen LogP contribution is 2.36. The van der Waals surface area contributed by atoms with Gasteiger partial charge < -0.3 is 4.74 Å². The van der Waals surface area contributed by atoms with Gasteiger partial charge in [0.25, 0.3) is 0 Å². The monoisotopic (exact) mass is 229 g/mol. The summed E-state index contributed by atoms with van der Waals surface area (Å²) in [7, 11) is 0. The van der Waals surface area contributed by atoms with Crippen LogP contribution in [-0.2, 0) is 10.3 Å². The van der Waals surface area contributed by atoms with Gasteiger partial charge in [-0.2, -0.15) is 0 Å². The van der Waals surface area contributed by atoms with E-state index in [-0.39, 0.29) is 5.54 Å². The lowest BCUT2D eigenvalue weighted by Crippen LogP contribution is -2.26. The van der Waals surface area contributed by atoms with E-state index in [1.165, 1.54) is 16.7 Å². The molecule has 2 heteroatoms. The number of rotatable bonds is 2. The van der Waals surface area contributed by atoms with E-state index in [1.807, 2.05) is 6.92 Å². The number of nitrogens with zero attached hydrogens (tertiary/aromatic N) is 1. The summed E-state index contributed by atoms with van der Waals surface area (Å²) in [5.41, 5.74) is 3.57. The molecule has 0 fully saturated rings. The van der Waals surface area contributed by atoms with E-state index in [1.54, 1.807) is 6.26 Å². The van der Waals surface area contributed by atoms with Crippen LogP contribution in [0, 0.1) is 13.8 Å². The van der Waals surface area contributed by atoms with Crippen LogP contribution in [0.2, 0.25) is 0 Å². The molecule has 0 amide bonds. The lowest BCUT2D eigenvalue weighted by atomic mass is 9.84. The molecule has 0 N–H and O–H groups in total. The second-order valence-electron chi connectivity index (χ2n) is 4.65. The molecule has 1 aliphatic heterocycles. The molecule has 1 aromatic rings. The van der Waals surface area contributed by atoms with Gasteiger partial charge in [0.05, 0.1) is 6.26 Å². The van der Waals surface area contributed by atoms with Gasteiger partial charge in [-0.1, -0.05) is 30.7 Å². The zero-order chi connectivity index (χ0) is 12.5. The summed E-state index contributed by atoms with van der Waals surface area (Å²) in [6.45, 7) is 8.32. The molecular formula is C15H19NO. The SMILES string of the molecule is CC[C@@]1(c2cc(C)ccc2C)C=COC(C)=N1. The molecule has 0 radical (unpaired) electrons. The van der Waals surface area contributed by atoms with E-state index < -0.39 is 0 Å². The average molecular weight is 229 g/mol. The molecule has 0 unspecified atom stereocenters. The molecule has 0 saturated heterocycles. The van der Waals surface area contributed by atoms with Crippen molar-refractivity contribution >= 4 is 5.90 Å².